The van der Waals surface area contributed by atoms with E-state index >= 15 is 0 Å². The zero-order valence-electron chi connectivity index (χ0n) is 16.3. The van der Waals surface area contributed by atoms with E-state index in [9.17, 15) is 18.0 Å². The van der Waals surface area contributed by atoms with Crippen LogP contribution in [0.4, 0.5) is 5.69 Å². The molecule has 2 amide bonds. The molecule has 2 aromatic carbocycles. The first kappa shape index (κ1) is 22.2. The number of hydrogen-bond donors (Lipinski definition) is 3. The molecule has 0 saturated heterocycles. The number of hydrazine groups is 1. The van der Waals surface area contributed by atoms with Crippen LogP contribution in [0.15, 0.2) is 47.4 Å². The van der Waals surface area contributed by atoms with Crippen molar-refractivity contribution in [2.45, 2.75) is 25.2 Å². The van der Waals surface area contributed by atoms with Crippen LogP contribution < -0.4 is 25.0 Å². The van der Waals surface area contributed by atoms with E-state index in [1.807, 2.05) is 23.9 Å². The minimum atomic E-state index is -4.07. The quantitative estimate of drug-likeness (QED) is 0.529. The molecule has 10 heteroatoms. The maximum atomic E-state index is 12.4. The van der Waals surface area contributed by atoms with Gasteiger partial charge in [0, 0.05) is 6.92 Å². The summed E-state index contributed by atoms with van der Waals surface area (Å²) < 4.78 is 35.2. The highest BCUT2D eigenvalue weighted by molar-refractivity contribution is 7.89. The number of anilines is 1. The Labute approximate surface area is 169 Å². The number of methoxy groups -OCH3 is 1. The third-order valence-corrected chi connectivity index (χ3v) is 5.06. The van der Waals surface area contributed by atoms with E-state index in [1.54, 1.807) is 12.1 Å². The number of ether oxygens (including phenoxy) is 2. The molecule has 2 rings (SSSR count). The normalized spacial score (nSPS) is 10.9. The molecular weight excluding hydrogens is 398 g/mol. The molecule has 9 nitrogen and oxygen atoms in total. The molecule has 0 aliphatic heterocycles. The summed E-state index contributed by atoms with van der Waals surface area (Å²) in [5, 5.41) is 2.48. The summed E-state index contributed by atoms with van der Waals surface area (Å²) in [5.41, 5.74) is 3.40. The molecule has 0 aliphatic rings. The Kier molecular flexibility index (Phi) is 7.57. The summed E-state index contributed by atoms with van der Waals surface area (Å²) in [6.45, 7) is 2.94. The van der Waals surface area contributed by atoms with Crippen molar-refractivity contribution in [2.24, 2.45) is 0 Å². The molecule has 29 heavy (non-hydrogen) atoms. The lowest BCUT2D eigenvalue weighted by Gasteiger charge is -2.13. The number of benzene rings is 2. The molecule has 0 fully saturated rings. The van der Waals surface area contributed by atoms with Crippen LogP contribution in [0.25, 0.3) is 0 Å². The van der Waals surface area contributed by atoms with Crippen LogP contribution in [0.1, 0.15) is 19.4 Å². The molecule has 2 aromatic rings. The number of carbonyl (C=O) groups is 2. The SMILES string of the molecule is CCc1ccc(OCC(=O)NNS(=O)(=O)c2ccc(OC)c(NC(C)=O)c2)cc1. The van der Waals surface area contributed by atoms with E-state index in [1.165, 1.54) is 32.2 Å². The first-order valence-corrected chi connectivity index (χ1v) is 10.2. The number of amides is 2. The number of nitrogens with one attached hydrogen (secondary N) is 3. The second-order valence-electron chi connectivity index (χ2n) is 5.98. The molecular formula is C19H23N3O6S. The van der Waals surface area contributed by atoms with Gasteiger partial charge in [0.05, 0.1) is 17.7 Å². The Morgan fingerprint density at radius 2 is 1.76 bits per heavy atom. The fourth-order valence-electron chi connectivity index (χ4n) is 2.33. The largest absolute Gasteiger partial charge is 0.495 e. The van der Waals surface area contributed by atoms with Gasteiger partial charge in [0.25, 0.3) is 15.9 Å². The molecule has 0 saturated carbocycles. The monoisotopic (exact) mass is 421 g/mol. The minimum Gasteiger partial charge on any atom is -0.495 e. The van der Waals surface area contributed by atoms with E-state index in [2.05, 4.69) is 10.7 Å². The van der Waals surface area contributed by atoms with Gasteiger partial charge in [-0.2, -0.15) is 0 Å². The summed E-state index contributed by atoms with van der Waals surface area (Å²) >= 11 is 0. The number of aryl methyl sites for hydroxylation is 1. The molecule has 0 aliphatic carbocycles. The van der Waals surface area contributed by atoms with E-state index in [-0.39, 0.29) is 23.1 Å². The first-order valence-electron chi connectivity index (χ1n) is 8.73. The fraction of sp³-hybridized carbons (Fsp3) is 0.263. The topological polar surface area (TPSA) is 123 Å². The van der Waals surface area contributed by atoms with Gasteiger partial charge in [0.1, 0.15) is 11.5 Å². The lowest BCUT2D eigenvalue weighted by atomic mass is 10.2. The lowest BCUT2D eigenvalue weighted by Crippen LogP contribution is -2.43. The smallest absolute Gasteiger partial charge is 0.272 e. The van der Waals surface area contributed by atoms with Crippen LogP contribution in [0.5, 0.6) is 11.5 Å². The van der Waals surface area contributed by atoms with Gasteiger partial charge in [0.15, 0.2) is 6.61 Å². The molecule has 3 N–H and O–H groups in total. The van der Waals surface area contributed by atoms with E-state index < -0.39 is 15.9 Å². The van der Waals surface area contributed by atoms with Crippen LogP contribution in [0.3, 0.4) is 0 Å². The average molecular weight is 421 g/mol. The first-order chi connectivity index (χ1) is 13.7. The lowest BCUT2D eigenvalue weighted by molar-refractivity contribution is -0.123. The van der Waals surface area contributed by atoms with Gasteiger partial charge in [-0.1, -0.05) is 19.1 Å². The Morgan fingerprint density at radius 3 is 2.34 bits per heavy atom. The van der Waals surface area contributed by atoms with E-state index in [4.69, 9.17) is 9.47 Å². The maximum absolute atomic E-state index is 12.4. The number of rotatable bonds is 9. The summed E-state index contributed by atoms with van der Waals surface area (Å²) in [6, 6.07) is 11.1. The fourth-order valence-corrected chi connectivity index (χ4v) is 3.22. The Morgan fingerprint density at radius 1 is 1.07 bits per heavy atom. The molecule has 0 atom stereocenters. The summed E-state index contributed by atoms with van der Waals surface area (Å²) in [7, 11) is -2.68. The van der Waals surface area contributed by atoms with Gasteiger partial charge >= 0.3 is 0 Å². The second-order valence-corrected chi connectivity index (χ2v) is 7.67. The predicted molar refractivity (Wildman–Crippen MR) is 107 cm³/mol. The standard InChI is InChI=1S/C19H23N3O6S/c1-4-14-5-7-15(8-6-14)28-12-19(24)21-22-29(25,26)16-9-10-18(27-3)17(11-16)20-13(2)23/h5-11,22H,4,12H2,1-3H3,(H,20,23)(H,21,24). The van der Waals surface area contributed by atoms with Crippen LogP contribution in [0.2, 0.25) is 0 Å². The molecule has 156 valence electrons. The number of hydrogen-bond acceptors (Lipinski definition) is 6. The predicted octanol–water partition coefficient (Wildman–Crippen LogP) is 1.60. The van der Waals surface area contributed by atoms with Gasteiger partial charge in [-0.25, -0.2) is 8.42 Å². The minimum absolute atomic E-state index is 0.168. The summed E-state index contributed by atoms with van der Waals surface area (Å²) in [4.78, 5) is 25.0. The third-order valence-electron chi connectivity index (χ3n) is 3.82. The van der Waals surface area contributed by atoms with Crippen molar-refractivity contribution in [3.8, 4) is 11.5 Å². The van der Waals surface area contributed by atoms with Crippen molar-refractivity contribution in [3.05, 3.63) is 48.0 Å². The Balaban J connectivity index is 1.97. The number of carbonyl (C=O) groups excluding carboxylic acids is 2. The van der Waals surface area contributed by atoms with Crippen LogP contribution in [-0.2, 0) is 26.0 Å². The van der Waals surface area contributed by atoms with Crippen molar-refractivity contribution < 1.29 is 27.5 Å². The summed E-state index contributed by atoms with van der Waals surface area (Å²) in [6.07, 6.45) is 0.886. The molecule has 0 aromatic heterocycles. The van der Waals surface area contributed by atoms with Crippen molar-refractivity contribution in [1.82, 2.24) is 10.3 Å². The van der Waals surface area contributed by atoms with Crippen molar-refractivity contribution in [1.29, 1.82) is 0 Å². The van der Waals surface area contributed by atoms with Gasteiger partial charge in [0.2, 0.25) is 5.91 Å². The highest BCUT2D eigenvalue weighted by atomic mass is 32.2. The third kappa shape index (κ3) is 6.47. The highest BCUT2D eigenvalue weighted by Crippen LogP contribution is 2.27. The Hall–Kier alpha value is -3.11. The zero-order chi connectivity index (χ0) is 21.4. The molecule has 0 unspecified atom stereocenters. The van der Waals surface area contributed by atoms with Crippen molar-refractivity contribution in [2.75, 3.05) is 19.0 Å². The molecule has 0 bridgehead atoms. The van der Waals surface area contributed by atoms with Crippen molar-refractivity contribution in [3.63, 3.8) is 0 Å². The van der Waals surface area contributed by atoms with Gasteiger partial charge in [-0.05, 0) is 42.3 Å². The second kappa shape index (κ2) is 9.89. The van der Waals surface area contributed by atoms with E-state index in [0.717, 1.165) is 12.0 Å². The van der Waals surface area contributed by atoms with Gasteiger partial charge in [-0.15, -0.1) is 4.83 Å². The van der Waals surface area contributed by atoms with Crippen LogP contribution in [0, 0.1) is 0 Å². The van der Waals surface area contributed by atoms with E-state index in [0.29, 0.717) is 11.5 Å². The Bertz CT molecular complexity index is 974. The zero-order valence-corrected chi connectivity index (χ0v) is 17.1. The van der Waals surface area contributed by atoms with Crippen molar-refractivity contribution >= 4 is 27.5 Å². The molecule has 0 heterocycles. The summed E-state index contributed by atoms with van der Waals surface area (Å²) in [5.74, 6) is -0.270. The maximum Gasteiger partial charge on any atom is 0.272 e. The molecule has 0 spiro atoms. The average Bonchev–Trinajstić information content (AvgIpc) is 2.70. The van der Waals surface area contributed by atoms with Crippen LogP contribution in [-0.4, -0.2) is 33.9 Å². The van der Waals surface area contributed by atoms with Crippen LogP contribution >= 0.6 is 0 Å². The highest BCUT2D eigenvalue weighted by Gasteiger charge is 2.18. The molecule has 0 radical (unpaired) electrons. The number of sulfonamides is 1. The van der Waals surface area contributed by atoms with Gasteiger partial charge < -0.3 is 14.8 Å². The van der Waals surface area contributed by atoms with Gasteiger partial charge in [-0.3, -0.25) is 15.0 Å².